The van der Waals surface area contributed by atoms with Gasteiger partial charge in [-0.25, -0.2) is 13.9 Å². The van der Waals surface area contributed by atoms with Gasteiger partial charge in [0.1, 0.15) is 17.3 Å². The van der Waals surface area contributed by atoms with Crippen molar-refractivity contribution in [2.24, 2.45) is 0 Å². The van der Waals surface area contributed by atoms with Crippen molar-refractivity contribution in [1.82, 2.24) is 24.8 Å². The van der Waals surface area contributed by atoms with E-state index in [2.05, 4.69) is 15.2 Å². The third-order valence-corrected chi connectivity index (χ3v) is 8.31. The van der Waals surface area contributed by atoms with Gasteiger partial charge in [-0.1, -0.05) is 16.8 Å². The third-order valence-electron chi connectivity index (χ3n) is 8.06. The number of carbonyl (C=O) groups excluding carboxylic acids is 2. The van der Waals surface area contributed by atoms with Gasteiger partial charge in [0, 0.05) is 48.9 Å². The van der Waals surface area contributed by atoms with Crippen molar-refractivity contribution in [3.8, 4) is 17.0 Å². The SMILES string of the molecule is CCOc1ccc(-c2cn(C3C[C@H](C(=O)N4CCN(c5ccc(Cl)cc5)CC4(C)C)N(C(=O)OC(C)(C)C)C3)nn2)c(F)c1F. The molecule has 1 aromatic heterocycles. The number of benzene rings is 2. The molecule has 2 saturated heterocycles. The van der Waals surface area contributed by atoms with E-state index < -0.39 is 41.0 Å². The molecular weight excluding hydrogens is 606 g/mol. The molecule has 2 fully saturated rings. The number of piperazine rings is 1. The largest absolute Gasteiger partial charge is 0.491 e. The van der Waals surface area contributed by atoms with E-state index in [1.54, 1.807) is 27.7 Å². The molecule has 0 radical (unpaired) electrons. The van der Waals surface area contributed by atoms with Crippen molar-refractivity contribution in [2.45, 2.75) is 71.2 Å². The fraction of sp³-hybridized carbons (Fsp3) is 0.500. The first-order valence-corrected chi connectivity index (χ1v) is 15.4. The van der Waals surface area contributed by atoms with Crippen molar-refractivity contribution in [3.63, 3.8) is 0 Å². The molecule has 0 aliphatic carbocycles. The number of nitrogens with zero attached hydrogens (tertiary/aromatic N) is 6. The molecule has 0 bridgehead atoms. The van der Waals surface area contributed by atoms with Crippen LogP contribution in [0.5, 0.6) is 5.75 Å². The van der Waals surface area contributed by atoms with Crippen molar-refractivity contribution in [3.05, 3.63) is 59.3 Å². The van der Waals surface area contributed by atoms with E-state index in [0.717, 1.165) is 5.69 Å². The highest BCUT2D eigenvalue weighted by molar-refractivity contribution is 6.30. The molecular formula is C32H39ClF2N6O4. The lowest BCUT2D eigenvalue weighted by Crippen LogP contribution is -2.64. The molecule has 45 heavy (non-hydrogen) atoms. The van der Waals surface area contributed by atoms with Gasteiger partial charge in [0.2, 0.25) is 11.7 Å². The summed E-state index contributed by atoms with van der Waals surface area (Å²) >= 11 is 6.08. The smallest absolute Gasteiger partial charge is 0.411 e. The second-order valence-electron chi connectivity index (χ2n) is 13.0. The average Bonchev–Trinajstić information content (AvgIpc) is 3.63. The minimum Gasteiger partial charge on any atom is -0.491 e. The first-order valence-electron chi connectivity index (χ1n) is 15.0. The number of anilines is 1. The van der Waals surface area contributed by atoms with Gasteiger partial charge in [-0.05, 0) is 77.9 Å². The van der Waals surface area contributed by atoms with Crippen LogP contribution < -0.4 is 9.64 Å². The standard InChI is InChI=1S/C32H39ClF2N6O4/c1-7-44-26-13-12-23(27(34)28(26)35)24-18-41(37-36-24)22-16-25(39(17-22)30(43)45-31(2,3)4)29(42)40-15-14-38(19-32(40,5)6)21-10-8-20(33)9-11-21/h8-13,18,22,25H,7,14-17,19H2,1-6H3/t22?,25-/m1/s1. The van der Waals surface area contributed by atoms with Gasteiger partial charge in [0.05, 0.1) is 24.4 Å². The Morgan fingerprint density at radius 2 is 1.78 bits per heavy atom. The second-order valence-corrected chi connectivity index (χ2v) is 13.4. The third kappa shape index (κ3) is 6.85. The summed E-state index contributed by atoms with van der Waals surface area (Å²) in [6.45, 7) is 12.9. The number of rotatable bonds is 6. The lowest BCUT2D eigenvalue weighted by Gasteiger charge is -2.49. The normalized spacial score (nSPS) is 20.0. The summed E-state index contributed by atoms with van der Waals surface area (Å²) in [5.41, 5.74) is -0.268. The number of ether oxygens (including phenoxy) is 2. The Hall–Kier alpha value is -3.93. The number of carbonyl (C=O) groups is 2. The van der Waals surface area contributed by atoms with Gasteiger partial charge < -0.3 is 19.3 Å². The zero-order chi connectivity index (χ0) is 32.7. The van der Waals surface area contributed by atoms with Crippen LogP contribution in [0.1, 0.15) is 54.0 Å². The van der Waals surface area contributed by atoms with E-state index in [1.807, 2.05) is 43.0 Å². The van der Waals surface area contributed by atoms with Gasteiger partial charge in [-0.3, -0.25) is 9.69 Å². The average molecular weight is 645 g/mol. The van der Waals surface area contributed by atoms with Gasteiger partial charge in [-0.15, -0.1) is 5.10 Å². The second kappa shape index (κ2) is 12.5. The summed E-state index contributed by atoms with van der Waals surface area (Å²) in [5.74, 6) is -2.58. The lowest BCUT2D eigenvalue weighted by molar-refractivity contribution is -0.142. The van der Waals surface area contributed by atoms with Crippen LogP contribution in [0.2, 0.25) is 5.02 Å². The molecule has 2 aliphatic rings. The van der Waals surface area contributed by atoms with Crippen molar-refractivity contribution >= 4 is 29.3 Å². The van der Waals surface area contributed by atoms with Crippen LogP contribution in [0.25, 0.3) is 11.3 Å². The summed E-state index contributed by atoms with van der Waals surface area (Å²) < 4.78 is 41.8. The molecule has 2 atom stereocenters. The van der Waals surface area contributed by atoms with Crippen molar-refractivity contribution in [2.75, 3.05) is 37.7 Å². The van der Waals surface area contributed by atoms with Gasteiger partial charge >= 0.3 is 6.09 Å². The summed E-state index contributed by atoms with van der Waals surface area (Å²) in [5, 5.41) is 8.92. The van der Waals surface area contributed by atoms with Crippen molar-refractivity contribution < 1.29 is 27.8 Å². The Morgan fingerprint density at radius 3 is 2.42 bits per heavy atom. The molecule has 0 spiro atoms. The van der Waals surface area contributed by atoms with Gasteiger partial charge in [0.15, 0.2) is 11.6 Å². The van der Waals surface area contributed by atoms with Crippen LogP contribution in [0, 0.1) is 11.6 Å². The summed E-state index contributed by atoms with van der Waals surface area (Å²) in [6, 6.07) is 9.06. The highest BCUT2D eigenvalue weighted by atomic mass is 35.5. The Balaban J connectivity index is 1.38. The maximum absolute atomic E-state index is 14.9. The number of amides is 2. The maximum Gasteiger partial charge on any atom is 0.411 e. The molecule has 3 aromatic rings. The highest BCUT2D eigenvalue weighted by Crippen LogP contribution is 2.35. The van der Waals surface area contributed by atoms with Gasteiger partial charge in [0.25, 0.3) is 0 Å². The quantitative estimate of drug-likeness (QED) is 0.327. The number of hydrogen-bond acceptors (Lipinski definition) is 7. The fourth-order valence-corrected chi connectivity index (χ4v) is 6.08. The summed E-state index contributed by atoms with van der Waals surface area (Å²) in [4.78, 5) is 33.2. The fourth-order valence-electron chi connectivity index (χ4n) is 5.95. The van der Waals surface area contributed by atoms with Crippen LogP contribution >= 0.6 is 11.6 Å². The van der Waals surface area contributed by atoms with E-state index in [4.69, 9.17) is 21.1 Å². The Kier molecular flexibility index (Phi) is 8.99. The Morgan fingerprint density at radius 1 is 1.07 bits per heavy atom. The topological polar surface area (TPSA) is 93.0 Å². The molecule has 2 aliphatic heterocycles. The summed E-state index contributed by atoms with van der Waals surface area (Å²) in [6.07, 6.45) is 1.13. The monoisotopic (exact) mass is 644 g/mol. The summed E-state index contributed by atoms with van der Waals surface area (Å²) in [7, 11) is 0. The number of aromatic nitrogens is 3. The van der Waals surface area contributed by atoms with Crippen LogP contribution in [-0.2, 0) is 9.53 Å². The first-order chi connectivity index (χ1) is 21.2. The van der Waals surface area contributed by atoms with Crippen LogP contribution in [0.15, 0.2) is 42.6 Å². The number of halogens is 3. The highest BCUT2D eigenvalue weighted by Gasteiger charge is 2.47. The van der Waals surface area contributed by atoms with E-state index in [9.17, 15) is 18.4 Å². The van der Waals surface area contributed by atoms with Gasteiger partial charge in [-0.2, -0.15) is 4.39 Å². The minimum absolute atomic E-state index is 0.0721. The van der Waals surface area contributed by atoms with E-state index in [1.165, 1.54) is 27.9 Å². The zero-order valence-corrected chi connectivity index (χ0v) is 27.1. The number of likely N-dealkylation sites (tertiary alicyclic amines) is 1. The van der Waals surface area contributed by atoms with Crippen LogP contribution in [0.3, 0.4) is 0 Å². The predicted octanol–water partition coefficient (Wildman–Crippen LogP) is 5.95. The molecule has 10 nitrogen and oxygen atoms in total. The van der Waals surface area contributed by atoms with Crippen molar-refractivity contribution in [1.29, 1.82) is 0 Å². The lowest BCUT2D eigenvalue weighted by atomic mass is 9.96. The molecule has 0 N–H and O–H groups in total. The number of hydrogen-bond donors (Lipinski definition) is 0. The molecule has 2 amide bonds. The molecule has 1 unspecified atom stereocenters. The molecule has 3 heterocycles. The molecule has 2 aromatic carbocycles. The minimum atomic E-state index is -1.11. The Labute approximate surface area is 266 Å². The Bertz CT molecular complexity index is 1560. The molecule has 0 saturated carbocycles. The van der Waals surface area contributed by atoms with E-state index >= 15 is 0 Å². The zero-order valence-electron chi connectivity index (χ0n) is 26.4. The van der Waals surface area contributed by atoms with Crippen LogP contribution in [-0.4, -0.2) is 86.8 Å². The van der Waals surface area contributed by atoms with Crippen LogP contribution in [0.4, 0.5) is 19.3 Å². The van der Waals surface area contributed by atoms with E-state index in [-0.39, 0.29) is 42.5 Å². The molecule has 242 valence electrons. The maximum atomic E-state index is 14.9. The van der Waals surface area contributed by atoms with E-state index in [0.29, 0.717) is 24.7 Å². The first kappa shape index (κ1) is 32.5. The molecule has 5 rings (SSSR count). The molecule has 13 heteroatoms. The predicted molar refractivity (Wildman–Crippen MR) is 166 cm³/mol.